The Balaban J connectivity index is 1.33. The van der Waals surface area contributed by atoms with Gasteiger partial charge in [0.15, 0.2) is 0 Å². The Bertz CT molecular complexity index is 2450. The van der Waals surface area contributed by atoms with E-state index in [4.69, 9.17) is 0 Å². The van der Waals surface area contributed by atoms with E-state index in [1.165, 1.54) is 61.0 Å². The molecule has 0 spiro atoms. The minimum atomic E-state index is -0.208. The molecule has 7 aromatic carbocycles. The van der Waals surface area contributed by atoms with Gasteiger partial charge in [-0.2, -0.15) is 0 Å². The molecule has 0 amide bonds. The number of rotatable bonds is 6. The quantitative estimate of drug-likeness (QED) is 0.159. The fourth-order valence-corrected chi connectivity index (χ4v) is 10.0. The van der Waals surface area contributed by atoms with E-state index in [1.807, 2.05) is 6.07 Å². The highest BCUT2D eigenvalue weighted by Crippen LogP contribution is 2.56. The normalized spacial score (nSPS) is 14.9. The molecule has 2 aliphatic rings. The van der Waals surface area contributed by atoms with Crippen LogP contribution in [0.25, 0.3) is 66.1 Å². The number of halogens is 1. The molecular formula is C48H41F. The molecule has 0 fully saturated rings. The molecule has 49 heavy (non-hydrogen) atoms. The summed E-state index contributed by atoms with van der Waals surface area (Å²) < 4.78 is 15.4. The summed E-state index contributed by atoms with van der Waals surface area (Å²) in [6, 6.07) is 46.2. The molecule has 0 unspecified atom stereocenters. The Morgan fingerprint density at radius 2 is 0.796 bits per heavy atom. The van der Waals surface area contributed by atoms with E-state index in [9.17, 15) is 0 Å². The average molecular weight is 637 g/mol. The third-order valence-corrected chi connectivity index (χ3v) is 12.5. The Morgan fingerprint density at radius 3 is 1.29 bits per heavy atom. The second-order valence-corrected chi connectivity index (χ2v) is 14.2. The highest BCUT2D eigenvalue weighted by Gasteiger charge is 2.42. The molecule has 0 radical (unpaired) electrons. The molecule has 0 heterocycles. The third-order valence-electron chi connectivity index (χ3n) is 12.5. The van der Waals surface area contributed by atoms with Crippen LogP contribution in [0.3, 0.4) is 0 Å². The Morgan fingerprint density at radius 1 is 0.388 bits per heavy atom. The summed E-state index contributed by atoms with van der Waals surface area (Å²) in [5, 5.41) is 4.41. The van der Waals surface area contributed by atoms with Crippen molar-refractivity contribution in [2.75, 3.05) is 0 Å². The highest BCUT2D eigenvalue weighted by atomic mass is 19.1. The minimum Gasteiger partial charge on any atom is -0.207 e. The lowest BCUT2D eigenvalue weighted by Crippen LogP contribution is -2.23. The van der Waals surface area contributed by atoms with Crippen molar-refractivity contribution >= 4 is 21.5 Å². The topological polar surface area (TPSA) is 0 Å². The molecule has 1 heteroatoms. The van der Waals surface area contributed by atoms with Crippen molar-refractivity contribution in [3.05, 3.63) is 155 Å². The van der Waals surface area contributed by atoms with E-state index in [0.717, 1.165) is 53.0 Å². The summed E-state index contributed by atoms with van der Waals surface area (Å²) in [6.07, 6.45) is 4.15. The molecule has 240 valence electrons. The Hall–Kier alpha value is -5.01. The SMILES string of the molecule is CCC1(CC)c2ccccc2-c2ccc(-c3c4ccccc4c(-c4ccc5c(c4)C(CC)(CC)c4ccccc4-5)c4cc(F)ccc34)cc21. The third kappa shape index (κ3) is 3.96. The monoisotopic (exact) mass is 636 g/mol. The zero-order valence-corrected chi connectivity index (χ0v) is 28.8. The molecule has 0 N–H and O–H groups in total. The molecule has 0 atom stereocenters. The predicted octanol–water partition coefficient (Wildman–Crippen LogP) is 13.6. The van der Waals surface area contributed by atoms with E-state index in [-0.39, 0.29) is 16.6 Å². The van der Waals surface area contributed by atoms with E-state index < -0.39 is 0 Å². The number of fused-ring (bicyclic) bond motifs is 8. The maximum Gasteiger partial charge on any atom is 0.123 e. The van der Waals surface area contributed by atoms with Crippen LogP contribution in [-0.4, -0.2) is 0 Å². The van der Waals surface area contributed by atoms with Gasteiger partial charge in [-0.3, -0.25) is 0 Å². The van der Waals surface area contributed by atoms with Crippen LogP contribution in [0.15, 0.2) is 127 Å². The number of hydrogen-bond acceptors (Lipinski definition) is 0. The molecular weight excluding hydrogens is 596 g/mol. The number of benzene rings is 7. The van der Waals surface area contributed by atoms with Crippen molar-refractivity contribution in [1.29, 1.82) is 0 Å². The van der Waals surface area contributed by atoms with Gasteiger partial charge in [0, 0.05) is 10.8 Å². The van der Waals surface area contributed by atoms with Crippen molar-refractivity contribution in [3.8, 4) is 44.5 Å². The second kappa shape index (κ2) is 11.0. The van der Waals surface area contributed by atoms with Crippen LogP contribution >= 0.6 is 0 Å². The molecule has 0 saturated carbocycles. The van der Waals surface area contributed by atoms with Gasteiger partial charge in [-0.15, -0.1) is 0 Å². The van der Waals surface area contributed by atoms with Crippen LogP contribution in [-0.2, 0) is 10.8 Å². The van der Waals surface area contributed by atoms with Gasteiger partial charge in [0.05, 0.1) is 0 Å². The highest BCUT2D eigenvalue weighted by molar-refractivity contribution is 6.21. The van der Waals surface area contributed by atoms with Gasteiger partial charge < -0.3 is 0 Å². The summed E-state index contributed by atoms with van der Waals surface area (Å²) >= 11 is 0. The minimum absolute atomic E-state index is 0.0212. The first kappa shape index (κ1) is 30.1. The van der Waals surface area contributed by atoms with Crippen LogP contribution in [0.2, 0.25) is 0 Å². The van der Waals surface area contributed by atoms with Crippen molar-refractivity contribution < 1.29 is 4.39 Å². The maximum absolute atomic E-state index is 15.4. The number of hydrogen-bond donors (Lipinski definition) is 0. The molecule has 9 rings (SSSR count). The lowest BCUT2D eigenvalue weighted by molar-refractivity contribution is 0.490. The summed E-state index contributed by atoms with van der Waals surface area (Å²) in [5.74, 6) is -0.208. The van der Waals surface area contributed by atoms with Gasteiger partial charge in [-0.25, -0.2) is 4.39 Å². The van der Waals surface area contributed by atoms with E-state index in [0.29, 0.717) is 0 Å². The zero-order valence-electron chi connectivity index (χ0n) is 28.8. The van der Waals surface area contributed by atoms with Crippen molar-refractivity contribution in [2.24, 2.45) is 0 Å². The predicted molar refractivity (Wildman–Crippen MR) is 206 cm³/mol. The van der Waals surface area contributed by atoms with Crippen molar-refractivity contribution in [1.82, 2.24) is 0 Å². The van der Waals surface area contributed by atoms with Crippen LogP contribution in [0, 0.1) is 5.82 Å². The fraction of sp³-hybridized carbons (Fsp3) is 0.208. The summed E-state index contributed by atoms with van der Waals surface area (Å²) in [6.45, 7) is 9.28. The van der Waals surface area contributed by atoms with Gasteiger partial charge in [-0.1, -0.05) is 131 Å². The van der Waals surface area contributed by atoms with Crippen LogP contribution in [0.4, 0.5) is 4.39 Å². The summed E-state index contributed by atoms with van der Waals surface area (Å²) in [7, 11) is 0. The van der Waals surface area contributed by atoms with Gasteiger partial charge in [0.2, 0.25) is 0 Å². The van der Waals surface area contributed by atoms with E-state index in [1.54, 1.807) is 12.1 Å². The fourth-order valence-electron chi connectivity index (χ4n) is 10.0. The Kier molecular flexibility index (Phi) is 6.76. The van der Waals surface area contributed by atoms with Crippen LogP contribution in [0.1, 0.15) is 75.6 Å². The van der Waals surface area contributed by atoms with Crippen molar-refractivity contribution in [3.63, 3.8) is 0 Å². The van der Waals surface area contributed by atoms with E-state index >= 15 is 4.39 Å². The van der Waals surface area contributed by atoms with Gasteiger partial charge in [0.1, 0.15) is 5.82 Å². The van der Waals surface area contributed by atoms with Crippen LogP contribution in [0.5, 0.6) is 0 Å². The van der Waals surface area contributed by atoms with Gasteiger partial charge in [-0.05, 0) is 138 Å². The lowest BCUT2D eigenvalue weighted by Gasteiger charge is -2.30. The van der Waals surface area contributed by atoms with Crippen LogP contribution < -0.4 is 0 Å². The first-order chi connectivity index (χ1) is 24.0. The molecule has 0 nitrogen and oxygen atoms in total. The molecule has 2 aliphatic carbocycles. The molecule has 7 aromatic rings. The zero-order chi connectivity index (χ0) is 33.5. The first-order valence-corrected chi connectivity index (χ1v) is 18.1. The smallest absolute Gasteiger partial charge is 0.123 e. The molecule has 0 saturated heterocycles. The standard InChI is InChI=1S/C48H41F/c1-5-47(6-2)41-19-13-11-15-33(41)35-24-21-30(27-43(35)47)45-37-17-9-10-18-38(37)46(40-29-32(49)23-26-39(40)45)31-22-25-36-34-16-12-14-20-42(34)48(7-3,8-4)44(36)28-31/h9-29H,5-8H2,1-4H3. The van der Waals surface area contributed by atoms with Gasteiger partial charge >= 0.3 is 0 Å². The maximum atomic E-state index is 15.4. The average Bonchev–Trinajstić information content (AvgIpc) is 3.60. The van der Waals surface area contributed by atoms with E-state index in [2.05, 4.69) is 137 Å². The molecule has 0 aliphatic heterocycles. The van der Waals surface area contributed by atoms with Crippen molar-refractivity contribution in [2.45, 2.75) is 64.2 Å². The molecule has 0 aromatic heterocycles. The summed E-state index contributed by atoms with van der Waals surface area (Å²) in [5.41, 5.74) is 15.6. The van der Waals surface area contributed by atoms with Gasteiger partial charge in [0.25, 0.3) is 0 Å². The largest absolute Gasteiger partial charge is 0.207 e. The Labute approximate surface area is 289 Å². The summed E-state index contributed by atoms with van der Waals surface area (Å²) in [4.78, 5) is 0. The lowest BCUT2D eigenvalue weighted by atomic mass is 9.73. The first-order valence-electron chi connectivity index (χ1n) is 18.1. The second-order valence-electron chi connectivity index (χ2n) is 14.2. The molecule has 0 bridgehead atoms.